The molecule has 0 aliphatic carbocycles. The number of phenols is 2. The number of rotatable bonds is 5. The molecule has 0 atom stereocenters. The Kier molecular flexibility index (Phi) is 5.85. The van der Waals surface area contributed by atoms with Crippen LogP contribution in [0, 0.1) is 5.82 Å². The van der Waals surface area contributed by atoms with Crippen molar-refractivity contribution in [2.45, 2.75) is 30.7 Å². The van der Waals surface area contributed by atoms with E-state index in [1.165, 1.54) is 28.6 Å². The highest BCUT2D eigenvalue weighted by Gasteiger charge is 2.29. The van der Waals surface area contributed by atoms with E-state index < -0.39 is 33.2 Å². The van der Waals surface area contributed by atoms with Crippen LogP contribution in [0.2, 0.25) is 0 Å². The first-order chi connectivity index (χ1) is 13.3. The standard InChI is InChI=1S/C19H21FN2O5S/c20-14-6-4-13(5-7-14)12-21-19(25)16-10-15(11-17(23)18(16)24)28(26,27)22-8-2-1-3-9-22/h4-7,10-11,23-24H,1-3,8-9,12H2,(H,21,25). The molecule has 1 saturated heterocycles. The number of halogens is 1. The van der Waals surface area contributed by atoms with E-state index >= 15 is 0 Å². The SMILES string of the molecule is O=C(NCc1ccc(F)cc1)c1cc(S(=O)(=O)N2CCCCC2)cc(O)c1O. The van der Waals surface area contributed by atoms with Crippen molar-refractivity contribution in [3.63, 3.8) is 0 Å². The highest BCUT2D eigenvalue weighted by atomic mass is 32.2. The van der Waals surface area contributed by atoms with Gasteiger partial charge >= 0.3 is 0 Å². The molecule has 2 aromatic rings. The summed E-state index contributed by atoms with van der Waals surface area (Å²) in [6.45, 7) is 0.786. The number of hydrogen-bond acceptors (Lipinski definition) is 5. The maximum Gasteiger partial charge on any atom is 0.255 e. The van der Waals surface area contributed by atoms with Crippen molar-refractivity contribution in [2.75, 3.05) is 13.1 Å². The lowest BCUT2D eigenvalue weighted by Gasteiger charge is -2.26. The van der Waals surface area contributed by atoms with Gasteiger partial charge in [-0.05, 0) is 36.6 Å². The third-order valence-corrected chi connectivity index (χ3v) is 6.50. The smallest absolute Gasteiger partial charge is 0.255 e. The van der Waals surface area contributed by atoms with Gasteiger partial charge in [0.2, 0.25) is 10.0 Å². The number of piperidine rings is 1. The summed E-state index contributed by atoms with van der Waals surface area (Å²) in [7, 11) is -3.89. The Morgan fingerprint density at radius 1 is 1.07 bits per heavy atom. The van der Waals surface area contributed by atoms with Crippen molar-refractivity contribution in [3.05, 3.63) is 53.3 Å². The minimum absolute atomic E-state index is 0.0441. The Labute approximate surface area is 162 Å². The summed E-state index contributed by atoms with van der Waals surface area (Å²) < 4.78 is 39.9. The lowest BCUT2D eigenvalue weighted by atomic mass is 10.1. The molecule has 7 nitrogen and oxygen atoms in total. The Balaban J connectivity index is 1.84. The van der Waals surface area contributed by atoms with Gasteiger partial charge in [-0.1, -0.05) is 18.6 Å². The van der Waals surface area contributed by atoms with Crippen LogP contribution in [0.5, 0.6) is 11.5 Å². The van der Waals surface area contributed by atoms with Crippen molar-refractivity contribution < 1.29 is 27.8 Å². The molecule has 9 heteroatoms. The van der Waals surface area contributed by atoms with Gasteiger partial charge in [0.05, 0.1) is 10.5 Å². The normalized spacial score (nSPS) is 15.3. The average Bonchev–Trinajstić information content (AvgIpc) is 2.69. The van der Waals surface area contributed by atoms with Crippen LogP contribution >= 0.6 is 0 Å². The molecule has 1 heterocycles. The van der Waals surface area contributed by atoms with Crippen molar-refractivity contribution in [3.8, 4) is 11.5 Å². The molecule has 150 valence electrons. The van der Waals surface area contributed by atoms with E-state index in [2.05, 4.69) is 5.32 Å². The van der Waals surface area contributed by atoms with Crippen LogP contribution in [0.1, 0.15) is 35.2 Å². The maximum absolute atomic E-state index is 12.9. The summed E-state index contributed by atoms with van der Waals surface area (Å²) in [5.74, 6) is -2.56. The molecule has 28 heavy (non-hydrogen) atoms. The van der Waals surface area contributed by atoms with Gasteiger partial charge in [-0.15, -0.1) is 0 Å². The molecule has 1 fully saturated rings. The number of nitrogens with one attached hydrogen (secondary N) is 1. The van der Waals surface area contributed by atoms with Crippen LogP contribution < -0.4 is 5.32 Å². The molecule has 0 unspecified atom stereocenters. The highest BCUT2D eigenvalue weighted by molar-refractivity contribution is 7.89. The second-order valence-electron chi connectivity index (χ2n) is 6.61. The first kappa shape index (κ1) is 20.1. The Bertz CT molecular complexity index is 971. The van der Waals surface area contributed by atoms with Crippen molar-refractivity contribution >= 4 is 15.9 Å². The Morgan fingerprint density at radius 3 is 2.36 bits per heavy atom. The lowest BCUT2D eigenvalue weighted by Crippen LogP contribution is -2.35. The minimum Gasteiger partial charge on any atom is -0.504 e. The average molecular weight is 408 g/mol. The predicted octanol–water partition coefficient (Wildman–Crippen LogP) is 2.34. The molecule has 0 aromatic heterocycles. The second-order valence-corrected chi connectivity index (χ2v) is 8.55. The van der Waals surface area contributed by atoms with Crippen LogP contribution in [-0.2, 0) is 16.6 Å². The predicted molar refractivity (Wildman–Crippen MR) is 100.0 cm³/mol. The highest BCUT2D eigenvalue weighted by Crippen LogP contribution is 2.33. The number of hydrogen-bond donors (Lipinski definition) is 3. The summed E-state index contributed by atoms with van der Waals surface area (Å²) in [5.41, 5.74) is 0.272. The van der Waals surface area contributed by atoms with Crippen LogP contribution in [0.3, 0.4) is 0 Å². The fourth-order valence-corrected chi connectivity index (χ4v) is 4.61. The van der Waals surface area contributed by atoms with Crippen molar-refractivity contribution in [2.24, 2.45) is 0 Å². The molecule has 0 bridgehead atoms. The molecule has 0 spiro atoms. The molecule has 2 aromatic carbocycles. The first-order valence-electron chi connectivity index (χ1n) is 8.88. The van der Waals surface area contributed by atoms with Crippen molar-refractivity contribution in [1.29, 1.82) is 0 Å². The van der Waals surface area contributed by atoms with Gasteiger partial charge in [-0.25, -0.2) is 12.8 Å². The van der Waals surface area contributed by atoms with Gasteiger partial charge in [0, 0.05) is 25.7 Å². The molecule has 1 aliphatic rings. The zero-order valence-electron chi connectivity index (χ0n) is 15.1. The minimum atomic E-state index is -3.89. The molecule has 1 aliphatic heterocycles. The van der Waals surface area contributed by atoms with Gasteiger partial charge in [-0.2, -0.15) is 4.31 Å². The summed E-state index contributed by atoms with van der Waals surface area (Å²) in [6.07, 6.45) is 2.44. The number of nitrogens with zero attached hydrogens (tertiary/aromatic N) is 1. The van der Waals surface area contributed by atoms with Gasteiger partial charge in [-0.3, -0.25) is 4.79 Å². The zero-order valence-corrected chi connectivity index (χ0v) is 15.9. The summed E-state index contributed by atoms with van der Waals surface area (Å²) >= 11 is 0. The summed E-state index contributed by atoms with van der Waals surface area (Å²) in [4.78, 5) is 12.2. The third kappa shape index (κ3) is 4.26. The zero-order chi connectivity index (χ0) is 20.3. The van der Waals surface area contributed by atoms with E-state index in [-0.39, 0.29) is 17.0 Å². The van der Waals surface area contributed by atoms with Crippen LogP contribution in [0.4, 0.5) is 4.39 Å². The second kappa shape index (κ2) is 8.15. The van der Waals surface area contributed by atoms with Crippen molar-refractivity contribution in [1.82, 2.24) is 9.62 Å². The number of carbonyl (C=O) groups is 1. The van der Waals surface area contributed by atoms with E-state index in [9.17, 15) is 27.8 Å². The number of carbonyl (C=O) groups excluding carboxylic acids is 1. The molecule has 3 N–H and O–H groups in total. The molecule has 1 amide bonds. The van der Waals surface area contributed by atoms with E-state index in [0.29, 0.717) is 18.7 Å². The fourth-order valence-electron chi connectivity index (χ4n) is 3.05. The monoisotopic (exact) mass is 408 g/mol. The van der Waals surface area contributed by atoms with E-state index in [4.69, 9.17) is 0 Å². The van der Waals surface area contributed by atoms with E-state index in [0.717, 1.165) is 31.4 Å². The van der Waals surface area contributed by atoms with Gasteiger partial charge in [0.1, 0.15) is 5.82 Å². The largest absolute Gasteiger partial charge is 0.504 e. The molecular formula is C19H21FN2O5S. The fraction of sp³-hybridized carbons (Fsp3) is 0.316. The van der Waals surface area contributed by atoms with Crippen LogP contribution in [0.15, 0.2) is 41.3 Å². The third-order valence-electron chi connectivity index (χ3n) is 4.63. The Hall–Kier alpha value is -2.65. The maximum atomic E-state index is 12.9. The van der Waals surface area contributed by atoms with E-state index in [1.807, 2.05) is 0 Å². The molecular weight excluding hydrogens is 387 g/mol. The summed E-state index contributed by atoms with van der Waals surface area (Å²) in [5, 5.41) is 22.5. The Morgan fingerprint density at radius 2 is 1.71 bits per heavy atom. The lowest BCUT2D eigenvalue weighted by molar-refractivity contribution is 0.0947. The van der Waals surface area contributed by atoms with Gasteiger partial charge in [0.25, 0.3) is 5.91 Å². The van der Waals surface area contributed by atoms with Gasteiger partial charge < -0.3 is 15.5 Å². The van der Waals surface area contributed by atoms with Crippen LogP contribution in [0.25, 0.3) is 0 Å². The first-order valence-corrected chi connectivity index (χ1v) is 10.3. The molecule has 0 radical (unpaired) electrons. The number of amides is 1. The van der Waals surface area contributed by atoms with E-state index in [1.54, 1.807) is 0 Å². The number of sulfonamides is 1. The van der Waals surface area contributed by atoms with Crippen LogP contribution in [-0.4, -0.2) is 41.9 Å². The van der Waals surface area contributed by atoms with Gasteiger partial charge in [0.15, 0.2) is 11.5 Å². The summed E-state index contributed by atoms with van der Waals surface area (Å²) in [6, 6.07) is 7.47. The quantitative estimate of drug-likeness (QED) is 0.659. The number of phenolic OH excluding ortho intramolecular Hbond substituents is 2. The topological polar surface area (TPSA) is 107 Å². The molecule has 3 rings (SSSR count). The number of aromatic hydroxyl groups is 2. The molecule has 0 saturated carbocycles. The number of benzene rings is 2.